The van der Waals surface area contributed by atoms with Gasteiger partial charge in [-0.05, 0) is 12.8 Å². The minimum absolute atomic E-state index is 0.167. The first-order valence-corrected chi connectivity index (χ1v) is 6.38. The predicted molar refractivity (Wildman–Crippen MR) is 67.6 cm³/mol. The number of rotatable bonds is 6. The summed E-state index contributed by atoms with van der Waals surface area (Å²) < 4.78 is 1.99. The number of likely N-dealkylation sites (tertiary alicyclic amines) is 1. The number of urea groups is 1. The molecule has 0 radical (unpaired) electrons. The molecule has 7 heteroatoms. The number of carboxylic acid groups (broad SMARTS) is 1. The van der Waals surface area contributed by atoms with Crippen molar-refractivity contribution >= 4 is 12.0 Å². The quantitative estimate of drug-likeness (QED) is 0.729. The number of unbranched alkanes of at least 4 members (excludes halogenated alkanes) is 1. The maximum Gasteiger partial charge on any atom is 0.317 e. The van der Waals surface area contributed by atoms with E-state index in [1.165, 1.54) is 4.90 Å². The molecule has 1 aliphatic heterocycles. The Kier molecular flexibility index (Phi) is 4.38. The van der Waals surface area contributed by atoms with Gasteiger partial charge < -0.3 is 19.9 Å². The summed E-state index contributed by atoms with van der Waals surface area (Å²) in [6.45, 7) is 2.13. The average Bonchev–Trinajstić information content (AvgIpc) is 2.78. The third-order valence-corrected chi connectivity index (χ3v) is 3.20. The van der Waals surface area contributed by atoms with Gasteiger partial charge in [-0.2, -0.15) is 0 Å². The molecule has 1 aliphatic rings. The van der Waals surface area contributed by atoms with Gasteiger partial charge in [0.15, 0.2) is 0 Å². The molecule has 7 nitrogen and oxygen atoms in total. The van der Waals surface area contributed by atoms with Crippen LogP contribution in [-0.4, -0.2) is 51.2 Å². The van der Waals surface area contributed by atoms with Crippen molar-refractivity contribution in [3.8, 4) is 0 Å². The van der Waals surface area contributed by atoms with Gasteiger partial charge in [0, 0.05) is 38.6 Å². The zero-order valence-electron chi connectivity index (χ0n) is 10.7. The number of carboxylic acids is 1. The summed E-state index contributed by atoms with van der Waals surface area (Å²) in [7, 11) is 0. The van der Waals surface area contributed by atoms with Crippen LogP contribution in [0.15, 0.2) is 18.7 Å². The molecule has 0 atom stereocenters. The number of imidazole rings is 1. The number of hydrogen-bond acceptors (Lipinski definition) is 3. The number of hydrogen-bond donors (Lipinski definition) is 2. The first kappa shape index (κ1) is 13.4. The van der Waals surface area contributed by atoms with E-state index in [9.17, 15) is 9.59 Å². The number of aliphatic carboxylic acids is 1. The fourth-order valence-electron chi connectivity index (χ4n) is 1.95. The minimum atomic E-state index is -0.829. The smallest absolute Gasteiger partial charge is 0.317 e. The maximum atomic E-state index is 11.6. The van der Waals surface area contributed by atoms with Gasteiger partial charge >= 0.3 is 12.0 Å². The summed E-state index contributed by atoms with van der Waals surface area (Å²) in [5, 5.41) is 11.5. The van der Waals surface area contributed by atoms with E-state index in [0.29, 0.717) is 19.6 Å². The number of carbonyl (C=O) groups excluding carboxylic acids is 1. The van der Waals surface area contributed by atoms with Crippen LogP contribution in [0.4, 0.5) is 4.79 Å². The zero-order chi connectivity index (χ0) is 13.7. The number of aromatic nitrogens is 2. The van der Waals surface area contributed by atoms with Crippen LogP contribution in [0.5, 0.6) is 0 Å². The van der Waals surface area contributed by atoms with Crippen LogP contribution in [-0.2, 0) is 11.3 Å². The van der Waals surface area contributed by atoms with E-state index in [1.807, 2.05) is 10.8 Å². The second-order valence-corrected chi connectivity index (χ2v) is 4.68. The first-order chi connectivity index (χ1) is 9.16. The molecule has 0 aliphatic carbocycles. The number of aryl methyl sites for hydroxylation is 1. The number of nitrogens with zero attached hydrogens (tertiary/aromatic N) is 3. The Morgan fingerprint density at radius 2 is 2.16 bits per heavy atom. The molecule has 0 unspecified atom stereocenters. The molecule has 0 saturated carbocycles. The van der Waals surface area contributed by atoms with Gasteiger partial charge in [0.05, 0.1) is 12.2 Å². The van der Waals surface area contributed by atoms with E-state index in [2.05, 4.69) is 10.3 Å². The van der Waals surface area contributed by atoms with Crippen LogP contribution < -0.4 is 5.32 Å². The molecule has 1 aromatic heterocycles. The van der Waals surface area contributed by atoms with Gasteiger partial charge in [-0.3, -0.25) is 4.79 Å². The first-order valence-electron chi connectivity index (χ1n) is 6.38. The largest absolute Gasteiger partial charge is 0.481 e. The van der Waals surface area contributed by atoms with Crippen molar-refractivity contribution in [1.82, 2.24) is 19.8 Å². The topological polar surface area (TPSA) is 87.5 Å². The Morgan fingerprint density at radius 1 is 1.37 bits per heavy atom. The van der Waals surface area contributed by atoms with Crippen LogP contribution in [0.2, 0.25) is 0 Å². The molecule has 2 amide bonds. The summed E-state index contributed by atoms with van der Waals surface area (Å²) >= 11 is 0. The minimum Gasteiger partial charge on any atom is -0.481 e. The molecule has 1 fully saturated rings. The highest BCUT2D eigenvalue weighted by molar-refractivity contribution is 5.79. The van der Waals surface area contributed by atoms with Gasteiger partial charge in [-0.25, -0.2) is 9.78 Å². The molecule has 2 N–H and O–H groups in total. The predicted octanol–water partition coefficient (Wildman–Crippen LogP) is 0.389. The van der Waals surface area contributed by atoms with Crippen molar-refractivity contribution < 1.29 is 14.7 Å². The molecule has 1 saturated heterocycles. The van der Waals surface area contributed by atoms with Gasteiger partial charge in [0.25, 0.3) is 0 Å². The van der Waals surface area contributed by atoms with E-state index in [1.54, 1.807) is 12.5 Å². The summed E-state index contributed by atoms with van der Waals surface area (Å²) in [4.78, 5) is 27.7. The maximum absolute atomic E-state index is 11.6. The zero-order valence-corrected chi connectivity index (χ0v) is 10.7. The molecular formula is C12H18N4O3. The fraction of sp³-hybridized carbons (Fsp3) is 0.583. The average molecular weight is 266 g/mol. The van der Waals surface area contributed by atoms with Gasteiger partial charge in [-0.1, -0.05) is 0 Å². The Labute approximate surface area is 111 Å². The van der Waals surface area contributed by atoms with Crippen LogP contribution in [0.25, 0.3) is 0 Å². The second kappa shape index (κ2) is 6.21. The Bertz CT molecular complexity index is 426. The van der Waals surface area contributed by atoms with Gasteiger partial charge in [0.2, 0.25) is 0 Å². The van der Waals surface area contributed by atoms with E-state index in [4.69, 9.17) is 5.11 Å². The van der Waals surface area contributed by atoms with E-state index < -0.39 is 11.9 Å². The lowest BCUT2D eigenvalue weighted by Crippen LogP contribution is -2.56. The monoisotopic (exact) mass is 266 g/mol. The van der Waals surface area contributed by atoms with Gasteiger partial charge in [-0.15, -0.1) is 0 Å². The Balaban J connectivity index is 1.52. The molecule has 104 valence electrons. The molecule has 0 bridgehead atoms. The van der Waals surface area contributed by atoms with Crippen molar-refractivity contribution in [1.29, 1.82) is 0 Å². The Hall–Kier alpha value is -2.05. The van der Waals surface area contributed by atoms with E-state index in [-0.39, 0.29) is 6.03 Å². The van der Waals surface area contributed by atoms with Crippen molar-refractivity contribution in [3.63, 3.8) is 0 Å². The SMILES string of the molecule is O=C(O)C1CN(C(=O)NCCCCn2ccnc2)C1. The van der Waals surface area contributed by atoms with Crippen molar-refractivity contribution in [2.75, 3.05) is 19.6 Å². The number of carbonyl (C=O) groups is 2. The van der Waals surface area contributed by atoms with E-state index >= 15 is 0 Å². The summed E-state index contributed by atoms with van der Waals surface area (Å²) in [6, 6.07) is -0.167. The summed E-state index contributed by atoms with van der Waals surface area (Å²) in [5.74, 6) is -1.23. The Morgan fingerprint density at radius 3 is 2.79 bits per heavy atom. The standard InChI is InChI=1S/C12H18N4O3/c17-11(18)10-7-16(8-10)12(19)14-3-1-2-5-15-6-4-13-9-15/h4,6,9-10H,1-3,5,7-8H2,(H,14,19)(H,17,18). The molecule has 2 heterocycles. The highest BCUT2D eigenvalue weighted by Crippen LogP contribution is 2.15. The van der Waals surface area contributed by atoms with Crippen LogP contribution >= 0.6 is 0 Å². The van der Waals surface area contributed by atoms with Crippen LogP contribution in [0, 0.1) is 5.92 Å². The lowest BCUT2D eigenvalue weighted by atomic mass is 10.0. The number of nitrogens with one attached hydrogen (secondary N) is 1. The van der Waals surface area contributed by atoms with Crippen LogP contribution in [0.1, 0.15) is 12.8 Å². The molecule has 2 rings (SSSR count). The molecule has 19 heavy (non-hydrogen) atoms. The second-order valence-electron chi connectivity index (χ2n) is 4.68. The summed E-state index contributed by atoms with van der Waals surface area (Å²) in [5.41, 5.74) is 0. The molecule has 0 aromatic carbocycles. The summed E-state index contributed by atoms with van der Waals surface area (Å²) in [6.07, 6.45) is 7.27. The van der Waals surface area contributed by atoms with Crippen molar-refractivity contribution in [3.05, 3.63) is 18.7 Å². The molecule has 1 aromatic rings. The highest BCUT2D eigenvalue weighted by Gasteiger charge is 2.35. The molecular weight excluding hydrogens is 248 g/mol. The van der Waals surface area contributed by atoms with Crippen molar-refractivity contribution in [2.24, 2.45) is 5.92 Å². The third-order valence-electron chi connectivity index (χ3n) is 3.20. The van der Waals surface area contributed by atoms with Gasteiger partial charge in [0.1, 0.15) is 0 Å². The van der Waals surface area contributed by atoms with Crippen molar-refractivity contribution in [2.45, 2.75) is 19.4 Å². The number of amides is 2. The lowest BCUT2D eigenvalue weighted by Gasteiger charge is -2.36. The van der Waals surface area contributed by atoms with E-state index in [0.717, 1.165) is 19.4 Å². The highest BCUT2D eigenvalue weighted by atomic mass is 16.4. The normalized spacial score (nSPS) is 15.1. The lowest BCUT2D eigenvalue weighted by molar-refractivity contribution is -0.146. The fourth-order valence-corrected chi connectivity index (χ4v) is 1.95. The van der Waals surface area contributed by atoms with Crippen LogP contribution in [0.3, 0.4) is 0 Å². The molecule has 0 spiro atoms. The third kappa shape index (κ3) is 3.70.